The fourth-order valence-electron chi connectivity index (χ4n) is 1.68. The quantitative estimate of drug-likeness (QED) is 0.803. The van der Waals surface area contributed by atoms with Gasteiger partial charge >= 0.3 is 0 Å². The minimum absolute atomic E-state index is 0.458. The molecule has 96 valence electrons. The molecule has 0 spiro atoms. The minimum atomic E-state index is -0.754. The molecule has 17 heavy (non-hydrogen) atoms. The first-order chi connectivity index (χ1) is 8.00. The van der Waals surface area contributed by atoms with Gasteiger partial charge in [-0.2, -0.15) is 0 Å². The third kappa shape index (κ3) is 4.82. The Morgan fingerprint density at radius 3 is 2.53 bits per heavy atom. The van der Waals surface area contributed by atoms with Gasteiger partial charge in [-0.15, -0.1) is 0 Å². The molecule has 0 aliphatic heterocycles. The Kier molecular flexibility index (Phi) is 5.56. The van der Waals surface area contributed by atoms with Crippen LogP contribution in [-0.4, -0.2) is 12.6 Å². The third-order valence-electron chi connectivity index (χ3n) is 2.81. The molecule has 0 aliphatic rings. The molecule has 1 atom stereocenters. The van der Waals surface area contributed by atoms with Gasteiger partial charge in [0.05, 0.1) is 0 Å². The zero-order valence-electron chi connectivity index (χ0n) is 10.8. The molecule has 1 aromatic rings. The number of benzene rings is 1. The van der Waals surface area contributed by atoms with Crippen LogP contribution in [0.5, 0.6) is 0 Å². The molecular weight excluding hydrogens is 220 g/mol. The maximum atomic E-state index is 13.4. The lowest BCUT2D eigenvalue weighted by Gasteiger charge is -2.15. The van der Waals surface area contributed by atoms with Gasteiger partial charge in [0.25, 0.3) is 0 Å². The van der Waals surface area contributed by atoms with Crippen LogP contribution in [0.3, 0.4) is 0 Å². The minimum Gasteiger partial charge on any atom is -0.314 e. The zero-order chi connectivity index (χ0) is 12.8. The lowest BCUT2D eigenvalue weighted by atomic mass is 10.0. The summed E-state index contributed by atoms with van der Waals surface area (Å²) in [5, 5.41) is 3.34. The van der Waals surface area contributed by atoms with Gasteiger partial charge in [-0.1, -0.05) is 32.9 Å². The third-order valence-corrected chi connectivity index (χ3v) is 2.81. The van der Waals surface area contributed by atoms with Crippen molar-refractivity contribution in [2.75, 3.05) is 6.54 Å². The van der Waals surface area contributed by atoms with E-state index in [-0.39, 0.29) is 0 Å². The number of hydrogen-bond acceptors (Lipinski definition) is 1. The van der Waals surface area contributed by atoms with Gasteiger partial charge in [-0.3, -0.25) is 0 Å². The molecule has 0 bridgehead atoms. The normalized spacial score (nSPS) is 13.1. The molecule has 0 heterocycles. The fraction of sp³-hybridized carbons (Fsp3) is 0.571. The van der Waals surface area contributed by atoms with Gasteiger partial charge in [0, 0.05) is 6.04 Å². The Bertz CT molecular complexity index is 350. The molecule has 0 amide bonds. The summed E-state index contributed by atoms with van der Waals surface area (Å²) < 4.78 is 26.3. The fourth-order valence-corrected chi connectivity index (χ4v) is 1.68. The van der Waals surface area contributed by atoms with E-state index >= 15 is 0 Å². The first kappa shape index (κ1) is 14.1. The molecule has 0 aliphatic carbocycles. The van der Waals surface area contributed by atoms with E-state index in [0.717, 1.165) is 19.0 Å². The number of rotatable bonds is 6. The lowest BCUT2D eigenvalue weighted by molar-refractivity contribution is 0.445. The molecule has 0 fully saturated rings. The Balaban J connectivity index is 2.42. The topological polar surface area (TPSA) is 12.0 Å². The number of nitrogens with one attached hydrogen (secondary N) is 1. The van der Waals surface area contributed by atoms with Gasteiger partial charge in [-0.25, -0.2) is 8.78 Å². The number of halogens is 2. The molecule has 1 unspecified atom stereocenters. The van der Waals surface area contributed by atoms with Crippen molar-refractivity contribution < 1.29 is 8.78 Å². The summed E-state index contributed by atoms with van der Waals surface area (Å²) in [6, 6.07) is 4.83. The monoisotopic (exact) mass is 241 g/mol. The van der Waals surface area contributed by atoms with E-state index in [2.05, 4.69) is 26.1 Å². The van der Waals surface area contributed by atoms with Crippen molar-refractivity contribution in [1.29, 1.82) is 0 Å². The van der Waals surface area contributed by atoms with E-state index in [0.29, 0.717) is 23.9 Å². The highest BCUT2D eigenvalue weighted by Gasteiger charge is 2.09. The van der Waals surface area contributed by atoms with Crippen LogP contribution in [0.1, 0.15) is 32.8 Å². The summed E-state index contributed by atoms with van der Waals surface area (Å²) in [5.74, 6) is -0.993. The van der Waals surface area contributed by atoms with Crippen molar-refractivity contribution in [2.24, 2.45) is 5.92 Å². The van der Waals surface area contributed by atoms with Crippen molar-refractivity contribution in [3.05, 3.63) is 35.4 Å². The predicted molar refractivity (Wildman–Crippen MR) is 67.0 cm³/mol. The van der Waals surface area contributed by atoms with Gasteiger partial charge in [-0.05, 0) is 36.9 Å². The molecule has 1 rings (SSSR count). The van der Waals surface area contributed by atoms with E-state index in [1.54, 1.807) is 12.1 Å². The maximum absolute atomic E-state index is 13.4. The second kappa shape index (κ2) is 6.70. The smallest absolute Gasteiger partial charge is 0.162 e. The number of aryl methyl sites for hydroxylation is 1. The van der Waals surface area contributed by atoms with Gasteiger partial charge in [0.2, 0.25) is 0 Å². The molecule has 1 nitrogen and oxygen atoms in total. The highest BCUT2D eigenvalue weighted by molar-refractivity contribution is 5.18. The van der Waals surface area contributed by atoms with Crippen LogP contribution in [0.15, 0.2) is 18.2 Å². The van der Waals surface area contributed by atoms with Crippen molar-refractivity contribution in [2.45, 2.75) is 39.7 Å². The van der Waals surface area contributed by atoms with Crippen molar-refractivity contribution in [1.82, 2.24) is 5.32 Å². The van der Waals surface area contributed by atoms with Gasteiger partial charge in [0.1, 0.15) is 0 Å². The molecule has 0 saturated heterocycles. The van der Waals surface area contributed by atoms with Gasteiger partial charge < -0.3 is 5.32 Å². The van der Waals surface area contributed by atoms with E-state index in [9.17, 15) is 8.78 Å². The molecule has 0 radical (unpaired) electrons. The van der Waals surface area contributed by atoms with Crippen LogP contribution >= 0.6 is 0 Å². The van der Waals surface area contributed by atoms with E-state index in [4.69, 9.17) is 0 Å². The SMILES string of the molecule is CC(CCc1cccc(F)c1F)CNC(C)C. The first-order valence-corrected chi connectivity index (χ1v) is 6.17. The van der Waals surface area contributed by atoms with Crippen LogP contribution < -0.4 is 5.32 Å². The molecule has 0 aromatic heterocycles. The lowest BCUT2D eigenvalue weighted by Crippen LogP contribution is -2.28. The highest BCUT2D eigenvalue weighted by Crippen LogP contribution is 2.15. The molecule has 3 heteroatoms. The Morgan fingerprint density at radius 2 is 1.88 bits per heavy atom. The van der Waals surface area contributed by atoms with E-state index in [1.165, 1.54) is 0 Å². The van der Waals surface area contributed by atoms with Crippen LogP contribution in [0.25, 0.3) is 0 Å². The standard InChI is InChI=1S/C14H21F2N/c1-10(2)17-9-11(3)7-8-12-5-4-6-13(15)14(12)16/h4-6,10-11,17H,7-9H2,1-3H3. The summed E-state index contributed by atoms with van der Waals surface area (Å²) in [5.41, 5.74) is 0.474. The molecule has 0 saturated carbocycles. The largest absolute Gasteiger partial charge is 0.314 e. The average molecular weight is 241 g/mol. The second-order valence-corrected chi connectivity index (χ2v) is 4.92. The van der Waals surface area contributed by atoms with E-state index in [1.807, 2.05) is 0 Å². The van der Waals surface area contributed by atoms with Gasteiger partial charge in [0.15, 0.2) is 11.6 Å². The summed E-state index contributed by atoms with van der Waals surface area (Å²) >= 11 is 0. The molecule has 1 aromatic carbocycles. The highest BCUT2D eigenvalue weighted by atomic mass is 19.2. The van der Waals surface area contributed by atoms with Crippen LogP contribution in [0, 0.1) is 17.6 Å². The molecular formula is C14H21F2N. The average Bonchev–Trinajstić information content (AvgIpc) is 2.28. The zero-order valence-corrected chi connectivity index (χ0v) is 10.8. The van der Waals surface area contributed by atoms with Crippen molar-refractivity contribution in [3.8, 4) is 0 Å². The first-order valence-electron chi connectivity index (χ1n) is 6.17. The summed E-state index contributed by atoms with van der Waals surface area (Å²) in [6.45, 7) is 7.22. The van der Waals surface area contributed by atoms with Crippen LogP contribution in [0.2, 0.25) is 0 Å². The Hall–Kier alpha value is -0.960. The summed E-state index contributed by atoms with van der Waals surface area (Å²) in [4.78, 5) is 0. The Labute approximate surface area is 102 Å². The Morgan fingerprint density at radius 1 is 1.18 bits per heavy atom. The molecule has 1 N–H and O–H groups in total. The van der Waals surface area contributed by atoms with E-state index < -0.39 is 11.6 Å². The van der Waals surface area contributed by atoms with Crippen molar-refractivity contribution in [3.63, 3.8) is 0 Å². The van der Waals surface area contributed by atoms with Crippen LogP contribution in [-0.2, 0) is 6.42 Å². The second-order valence-electron chi connectivity index (χ2n) is 4.92. The van der Waals surface area contributed by atoms with Crippen molar-refractivity contribution >= 4 is 0 Å². The predicted octanol–water partition coefficient (Wildman–Crippen LogP) is 3.53. The number of hydrogen-bond donors (Lipinski definition) is 1. The van der Waals surface area contributed by atoms with Crippen LogP contribution in [0.4, 0.5) is 8.78 Å². The maximum Gasteiger partial charge on any atom is 0.162 e. The summed E-state index contributed by atoms with van der Waals surface area (Å²) in [7, 11) is 0. The summed E-state index contributed by atoms with van der Waals surface area (Å²) in [6.07, 6.45) is 1.45.